The molecular weight excluding hydrogens is 274 g/mol. The summed E-state index contributed by atoms with van der Waals surface area (Å²) in [6.45, 7) is 5.51. The molecule has 1 aliphatic heterocycles. The number of piperidine rings is 1. The van der Waals surface area contributed by atoms with E-state index < -0.39 is 5.97 Å². The number of nitrogens with zero attached hydrogens (tertiary/aromatic N) is 3. The Morgan fingerprint density at radius 2 is 2.10 bits per heavy atom. The van der Waals surface area contributed by atoms with Gasteiger partial charge < -0.3 is 19.6 Å². The van der Waals surface area contributed by atoms with Crippen LogP contribution >= 0.6 is 0 Å². The SMILES string of the molecule is CCN(CC(C)C#N)C(=O)N1CCC(OCC(=O)O)CC1. The number of aliphatic carboxylic acids is 1. The predicted molar refractivity (Wildman–Crippen MR) is 75.6 cm³/mol. The Hall–Kier alpha value is -1.81. The van der Waals surface area contributed by atoms with Crippen LogP contribution in [0.3, 0.4) is 0 Å². The highest BCUT2D eigenvalue weighted by molar-refractivity contribution is 5.74. The van der Waals surface area contributed by atoms with Crippen LogP contribution in [0.5, 0.6) is 0 Å². The van der Waals surface area contributed by atoms with E-state index >= 15 is 0 Å². The largest absolute Gasteiger partial charge is 0.480 e. The maximum atomic E-state index is 12.4. The highest BCUT2D eigenvalue weighted by Crippen LogP contribution is 2.15. The van der Waals surface area contributed by atoms with Gasteiger partial charge in [-0.25, -0.2) is 9.59 Å². The zero-order valence-corrected chi connectivity index (χ0v) is 12.6. The second kappa shape index (κ2) is 8.47. The molecule has 2 amide bonds. The van der Waals surface area contributed by atoms with Crippen molar-refractivity contribution in [1.82, 2.24) is 9.80 Å². The quantitative estimate of drug-likeness (QED) is 0.793. The van der Waals surface area contributed by atoms with Gasteiger partial charge in [-0.3, -0.25) is 0 Å². The minimum absolute atomic E-state index is 0.0590. The fourth-order valence-corrected chi connectivity index (χ4v) is 2.32. The van der Waals surface area contributed by atoms with Gasteiger partial charge in [0.15, 0.2) is 0 Å². The van der Waals surface area contributed by atoms with E-state index in [2.05, 4.69) is 6.07 Å². The van der Waals surface area contributed by atoms with Gasteiger partial charge in [0, 0.05) is 26.2 Å². The summed E-state index contributed by atoms with van der Waals surface area (Å²) in [5.41, 5.74) is 0. The van der Waals surface area contributed by atoms with Gasteiger partial charge in [0.05, 0.1) is 18.1 Å². The Bertz CT molecular complexity index is 400. The molecule has 0 aliphatic carbocycles. The average molecular weight is 297 g/mol. The number of urea groups is 1. The first-order valence-corrected chi connectivity index (χ1v) is 7.24. The molecule has 1 N–H and O–H groups in total. The van der Waals surface area contributed by atoms with Crippen LogP contribution in [0.15, 0.2) is 0 Å². The maximum absolute atomic E-state index is 12.4. The number of carboxylic acid groups (broad SMARTS) is 1. The molecule has 7 nitrogen and oxygen atoms in total. The van der Waals surface area contributed by atoms with Crippen LogP contribution in [0.1, 0.15) is 26.7 Å². The third kappa shape index (κ3) is 5.60. The first kappa shape index (κ1) is 17.2. The van der Waals surface area contributed by atoms with E-state index in [1.165, 1.54) is 0 Å². The topological polar surface area (TPSA) is 93.9 Å². The van der Waals surface area contributed by atoms with Crippen LogP contribution in [0.25, 0.3) is 0 Å². The molecule has 0 radical (unpaired) electrons. The third-order valence-electron chi connectivity index (χ3n) is 3.52. The van der Waals surface area contributed by atoms with Crippen molar-refractivity contribution >= 4 is 12.0 Å². The van der Waals surface area contributed by atoms with Crippen LogP contribution < -0.4 is 0 Å². The lowest BCUT2D eigenvalue weighted by atomic mass is 10.1. The van der Waals surface area contributed by atoms with Crippen LogP contribution in [0.4, 0.5) is 4.79 Å². The van der Waals surface area contributed by atoms with Crippen molar-refractivity contribution in [2.75, 3.05) is 32.8 Å². The monoisotopic (exact) mass is 297 g/mol. The van der Waals surface area contributed by atoms with Crippen molar-refractivity contribution < 1.29 is 19.4 Å². The average Bonchev–Trinajstić information content (AvgIpc) is 2.50. The van der Waals surface area contributed by atoms with E-state index in [0.717, 1.165) is 0 Å². The fourth-order valence-electron chi connectivity index (χ4n) is 2.32. The highest BCUT2D eigenvalue weighted by atomic mass is 16.5. The van der Waals surface area contributed by atoms with Gasteiger partial charge >= 0.3 is 12.0 Å². The summed E-state index contributed by atoms with van der Waals surface area (Å²) in [6.07, 6.45) is 1.19. The lowest BCUT2D eigenvalue weighted by Gasteiger charge is -2.35. The molecule has 1 unspecified atom stereocenters. The minimum Gasteiger partial charge on any atom is -0.480 e. The van der Waals surface area contributed by atoms with Crippen LogP contribution in [0.2, 0.25) is 0 Å². The molecule has 0 aromatic rings. The maximum Gasteiger partial charge on any atom is 0.329 e. The number of nitriles is 1. The molecule has 0 aromatic carbocycles. The van der Waals surface area contributed by atoms with Crippen molar-refractivity contribution in [3.63, 3.8) is 0 Å². The molecular formula is C14H23N3O4. The van der Waals surface area contributed by atoms with E-state index in [0.29, 0.717) is 39.0 Å². The molecule has 7 heteroatoms. The molecule has 1 atom stereocenters. The number of hydrogen-bond acceptors (Lipinski definition) is 4. The number of amides is 2. The molecule has 0 bridgehead atoms. The van der Waals surface area contributed by atoms with Gasteiger partial charge in [-0.05, 0) is 26.7 Å². The number of carbonyl (C=O) groups excluding carboxylic acids is 1. The smallest absolute Gasteiger partial charge is 0.329 e. The summed E-state index contributed by atoms with van der Waals surface area (Å²) in [5.74, 6) is -1.17. The predicted octanol–water partition coefficient (Wildman–Crippen LogP) is 1.15. The number of carbonyl (C=O) groups is 2. The Morgan fingerprint density at radius 1 is 1.48 bits per heavy atom. The molecule has 21 heavy (non-hydrogen) atoms. The van der Waals surface area contributed by atoms with Gasteiger partial charge in [0.2, 0.25) is 0 Å². The van der Waals surface area contributed by atoms with Gasteiger partial charge in [0.1, 0.15) is 6.61 Å². The molecule has 1 heterocycles. The van der Waals surface area contributed by atoms with Crippen molar-refractivity contribution in [2.24, 2.45) is 5.92 Å². The van der Waals surface area contributed by atoms with Crippen LogP contribution in [-0.2, 0) is 9.53 Å². The van der Waals surface area contributed by atoms with Crippen molar-refractivity contribution in [2.45, 2.75) is 32.8 Å². The zero-order valence-electron chi connectivity index (χ0n) is 12.6. The summed E-state index contributed by atoms with van der Waals surface area (Å²) in [4.78, 5) is 26.2. The molecule has 0 aromatic heterocycles. The molecule has 0 saturated carbocycles. The first-order chi connectivity index (χ1) is 9.97. The normalized spacial score (nSPS) is 17.1. The molecule has 118 valence electrons. The second-order valence-corrected chi connectivity index (χ2v) is 5.24. The number of hydrogen-bond donors (Lipinski definition) is 1. The Morgan fingerprint density at radius 3 is 2.57 bits per heavy atom. The summed E-state index contributed by atoms with van der Waals surface area (Å²) in [6, 6.07) is 2.07. The van der Waals surface area contributed by atoms with Crippen molar-refractivity contribution in [3.05, 3.63) is 0 Å². The number of rotatable bonds is 6. The Labute approximate surface area is 125 Å². The Kier molecular flexibility index (Phi) is 6.96. The lowest BCUT2D eigenvalue weighted by Crippen LogP contribution is -2.48. The third-order valence-corrected chi connectivity index (χ3v) is 3.52. The van der Waals surface area contributed by atoms with Gasteiger partial charge in [-0.15, -0.1) is 0 Å². The summed E-state index contributed by atoms with van der Waals surface area (Å²) in [7, 11) is 0. The highest BCUT2D eigenvalue weighted by Gasteiger charge is 2.27. The van der Waals surface area contributed by atoms with Crippen LogP contribution in [0, 0.1) is 17.2 Å². The minimum atomic E-state index is -0.976. The summed E-state index contributed by atoms with van der Waals surface area (Å²) >= 11 is 0. The molecule has 1 fully saturated rings. The number of ether oxygens (including phenoxy) is 1. The zero-order chi connectivity index (χ0) is 15.8. The van der Waals surface area contributed by atoms with E-state index in [4.69, 9.17) is 15.1 Å². The van der Waals surface area contributed by atoms with Gasteiger partial charge in [-0.1, -0.05) is 0 Å². The van der Waals surface area contributed by atoms with Gasteiger partial charge in [0.25, 0.3) is 0 Å². The lowest BCUT2D eigenvalue weighted by molar-refractivity contribution is -0.145. The number of likely N-dealkylation sites (tertiary alicyclic amines) is 1. The second-order valence-electron chi connectivity index (χ2n) is 5.24. The first-order valence-electron chi connectivity index (χ1n) is 7.24. The standard InChI is InChI=1S/C14H23N3O4/c1-3-16(9-11(2)8-15)14(20)17-6-4-12(5-7-17)21-10-13(18)19/h11-12H,3-7,9-10H2,1-2H3,(H,18,19). The van der Waals surface area contributed by atoms with E-state index in [-0.39, 0.29) is 24.7 Å². The van der Waals surface area contributed by atoms with Gasteiger partial charge in [-0.2, -0.15) is 5.26 Å². The van der Waals surface area contributed by atoms with Crippen LogP contribution in [-0.4, -0.2) is 65.8 Å². The molecule has 1 saturated heterocycles. The fraction of sp³-hybridized carbons (Fsp3) is 0.786. The molecule has 1 aliphatic rings. The molecule has 0 spiro atoms. The summed E-state index contributed by atoms with van der Waals surface area (Å²) < 4.78 is 5.25. The summed E-state index contributed by atoms with van der Waals surface area (Å²) in [5, 5.41) is 17.4. The number of carboxylic acids is 1. The van der Waals surface area contributed by atoms with Crippen molar-refractivity contribution in [1.29, 1.82) is 5.26 Å². The van der Waals surface area contributed by atoms with E-state index in [1.807, 2.05) is 6.92 Å². The molecule has 1 rings (SSSR count). The van der Waals surface area contributed by atoms with E-state index in [9.17, 15) is 9.59 Å². The van der Waals surface area contributed by atoms with E-state index in [1.54, 1.807) is 16.7 Å². The Balaban J connectivity index is 2.43. The van der Waals surface area contributed by atoms with Crippen molar-refractivity contribution in [3.8, 4) is 6.07 Å².